The molecule has 0 aromatic heterocycles. The maximum atomic E-state index is 10.6. The summed E-state index contributed by atoms with van der Waals surface area (Å²) < 4.78 is 0. The lowest BCUT2D eigenvalue weighted by molar-refractivity contribution is -0.398. The Morgan fingerprint density at radius 1 is 1.06 bits per heavy atom. The van der Waals surface area contributed by atoms with Gasteiger partial charge in [-0.05, 0) is 11.5 Å². The lowest BCUT2D eigenvalue weighted by Crippen LogP contribution is -2.53. The zero-order valence-electron chi connectivity index (χ0n) is 8.12. The Bertz CT molecular complexity index is 508. The van der Waals surface area contributed by atoms with E-state index in [0.29, 0.717) is 5.39 Å². The minimum atomic E-state index is -0.359. The van der Waals surface area contributed by atoms with E-state index in [-0.39, 0.29) is 16.0 Å². The molecule has 0 saturated heterocycles. The molecule has 0 bridgehead atoms. The van der Waals surface area contributed by atoms with Crippen LogP contribution in [0, 0.1) is 20.2 Å². The van der Waals surface area contributed by atoms with Crippen LogP contribution >= 0.6 is 0 Å². The lowest BCUT2D eigenvalue weighted by Gasteiger charge is -1.97. The molecule has 0 unspecified atom stereocenters. The maximum Gasteiger partial charge on any atom is 0.277 e. The summed E-state index contributed by atoms with van der Waals surface area (Å²) in [6.07, 6.45) is 0. The molecular weight excluding hydrogens is 212 g/mol. The number of benzene rings is 2. The molecule has 0 radical (unpaired) electrons. The van der Waals surface area contributed by atoms with Crippen molar-refractivity contribution in [3.8, 4) is 0 Å². The van der Waals surface area contributed by atoms with E-state index in [0.717, 1.165) is 5.39 Å². The van der Waals surface area contributed by atoms with E-state index in [9.17, 15) is 10.1 Å². The number of nitro benzene ring substituents is 1. The van der Waals surface area contributed by atoms with Crippen LogP contribution in [-0.2, 0) is 0 Å². The van der Waals surface area contributed by atoms with Crippen LogP contribution in [0.5, 0.6) is 0 Å². The molecule has 0 atom stereocenters. The number of rotatable bonds is 1. The molecule has 1 N–H and O–H groups in total. The van der Waals surface area contributed by atoms with Crippen molar-refractivity contribution in [2.24, 2.45) is 0 Å². The number of non-ortho nitro benzene ring substituents is 1. The molecule has 2 aromatic rings. The van der Waals surface area contributed by atoms with Gasteiger partial charge in [0.05, 0.1) is 10.3 Å². The van der Waals surface area contributed by atoms with Gasteiger partial charge in [0.1, 0.15) is 0 Å². The highest BCUT2D eigenvalue weighted by atomic mass is 16.6. The van der Waals surface area contributed by atoms with Crippen molar-refractivity contribution in [2.75, 3.05) is 0 Å². The van der Waals surface area contributed by atoms with Crippen molar-refractivity contribution in [2.45, 2.75) is 0 Å². The fourth-order valence-electron chi connectivity index (χ4n) is 1.37. The van der Waals surface area contributed by atoms with Gasteiger partial charge >= 0.3 is 0 Å². The Labute approximate surface area is 90.2 Å². The van der Waals surface area contributed by atoms with Crippen molar-refractivity contribution in [1.82, 2.24) is 0 Å². The molecule has 0 fully saturated rings. The van der Waals surface area contributed by atoms with Gasteiger partial charge in [-0.3, -0.25) is 20.2 Å². The standard InChI is InChI=1S/C10H7NO2.HNO2/c12-11(13)10-7-3-5-8-4-1-2-6-9(8)10;2-1-3/h1-7H;1H. The summed E-state index contributed by atoms with van der Waals surface area (Å²) in [6.45, 7) is 0. The third kappa shape index (κ3) is 2.50. The molecule has 0 saturated carbocycles. The number of nitro groups is 1. The van der Waals surface area contributed by atoms with E-state index in [2.05, 4.69) is 0 Å². The van der Waals surface area contributed by atoms with Crippen LogP contribution in [0.15, 0.2) is 42.5 Å². The van der Waals surface area contributed by atoms with Gasteiger partial charge in [0.2, 0.25) is 0 Å². The average molecular weight is 220 g/mol. The highest BCUT2D eigenvalue weighted by Gasteiger charge is 2.08. The highest BCUT2D eigenvalue weighted by Crippen LogP contribution is 2.24. The normalized spacial score (nSPS) is 9.00. The average Bonchev–Trinajstić information content (AvgIpc) is 2.29. The first-order valence-electron chi connectivity index (χ1n) is 4.32. The topological polar surface area (TPSA) is 97.2 Å². The molecule has 0 aliphatic carbocycles. The molecule has 0 aliphatic heterocycles. The molecule has 0 spiro atoms. The van der Waals surface area contributed by atoms with Crippen LogP contribution in [-0.4, -0.2) is 4.92 Å². The number of nitrogens with one attached hydrogen (secondary N) is 1. The van der Waals surface area contributed by atoms with Crippen molar-refractivity contribution in [3.63, 3.8) is 0 Å². The van der Waals surface area contributed by atoms with Crippen LogP contribution in [0.1, 0.15) is 0 Å². The molecule has 82 valence electrons. The second-order valence-electron chi connectivity index (χ2n) is 2.84. The fraction of sp³-hybridized carbons (Fsp3) is 0. The monoisotopic (exact) mass is 220 g/mol. The summed E-state index contributed by atoms with van der Waals surface area (Å²) in [6, 6.07) is 12.4. The third-order valence-corrected chi connectivity index (χ3v) is 1.96. The first kappa shape index (κ1) is 11.6. The highest BCUT2D eigenvalue weighted by molar-refractivity contribution is 5.90. The van der Waals surface area contributed by atoms with E-state index in [1.165, 1.54) is 6.07 Å². The second kappa shape index (κ2) is 5.40. The predicted octanol–water partition coefficient (Wildman–Crippen LogP) is 1.08. The van der Waals surface area contributed by atoms with Gasteiger partial charge in [0.25, 0.3) is 5.69 Å². The zero-order valence-corrected chi connectivity index (χ0v) is 8.12. The van der Waals surface area contributed by atoms with E-state index < -0.39 is 0 Å². The van der Waals surface area contributed by atoms with Crippen LogP contribution in [0.3, 0.4) is 0 Å². The first-order chi connectivity index (χ1) is 7.70. The van der Waals surface area contributed by atoms with E-state index in [4.69, 9.17) is 10.1 Å². The number of fused-ring (bicyclic) bond motifs is 1. The SMILES string of the molecule is O=[N+]([O-])c1cccc2ccccc12.O=[NH+][O-]. The number of hydrogen-bond donors (Lipinski definition) is 1. The molecule has 6 heteroatoms. The smallest absolute Gasteiger partial charge is 0.267 e. The maximum absolute atomic E-state index is 10.6. The van der Waals surface area contributed by atoms with Crippen molar-refractivity contribution in [1.29, 1.82) is 0 Å². The van der Waals surface area contributed by atoms with Gasteiger partial charge in [-0.2, -0.15) is 0 Å². The minimum absolute atomic E-state index is 0.165. The molecule has 2 rings (SSSR count). The lowest BCUT2D eigenvalue weighted by atomic mass is 10.1. The number of nitrogens with zero attached hydrogens (tertiary/aromatic N) is 1. The molecule has 16 heavy (non-hydrogen) atoms. The molecular formula is C10H8N2O4. The molecule has 0 amide bonds. The second-order valence-corrected chi connectivity index (χ2v) is 2.84. The summed E-state index contributed by atoms with van der Waals surface area (Å²) in [4.78, 5) is 18.4. The predicted molar refractivity (Wildman–Crippen MR) is 58.3 cm³/mol. The molecule has 6 nitrogen and oxygen atoms in total. The zero-order chi connectivity index (χ0) is 12.0. The van der Waals surface area contributed by atoms with E-state index in [1.54, 1.807) is 18.2 Å². The summed E-state index contributed by atoms with van der Waals surface area (Å²) in [5.41, 5.74) is 0.165. The van der Waals surface area contributed by atoms with Gasteiger partial charge in [-0.15, -0.1) is 0 Å². The van der Waals surface area contributed by atoms with Gasteiger partial charge < -0.3 is 0 Å². The van der Waals surface area contributed by atoms with E-state index in [1.807, 2.05) is 18.2 Å². The van der Waals surface area contributed by atoms with Gasteiger partial charge in [0, 0.05) is 11.4 Å². The summed E-state index contributed by atoms with van der Waals surface area (Å²) in [7, 11) is 0. The molecule has 0 aliphatic rings. The van der Waals surface area contributed by atoms with Gasteiger partial charge in [0.15, 0.2) is 0 Å². The Balaban J connectivity index is 0.000000386. The quantitative estimate of drug-likeness (QED) is 0.574. The third-order valence-electron chi connectivity index (χ3n) is 1.96. The van der Waals surface area contributed by atoms with Crippen molar-refractivity contribution in [3.05, 3.63) is 62.7 Å². The number of hydrogen-bond acceptors (Lipinski definition) is 4. The van der Waals surface area contributed by atoms with Crippen molar-refractivity contribution >= 4 is 16.5 Å². The summed E-state index contributed by atoms with van der Waals surface area (Å²) in [5, 5.41) is 20.6. The molecule has 0 heterocycles. The minimum Gasteiger partial charge on any atom is -0.267 e. The Morgan fingerprint density at radius 3 is 2.25 bits per heavy atom. The van der Waals surface area contributed by atoms with Crippen LogP contribution in [0.4, 0.5) is 5.69 Å². The van der Waals surface area contributed by atoms with E-state index >= 15 is 0 Å². The Kier molecular flexibility index (Phi) is 3.90. The van der Waals surface area contributed by atoms with Crippen LogP contribution < -0.4 is 5.34 Å². The fourth-order valence-corrected chi connectivity index (χ4v) is 1.37. The van der Waals surface area contributed by atoms with Crippen molar-refractivity contribution < 1.29 is 10.3 Å². The Hall–Kier alpha value is -2.50. The van der Waals surface area contributed by atoms with Crippen LogP contribution in [0.25, 0.3) is 10.8 Å². The largest absolute Gasteiger partial charge is 0.277 e. The van der Waals surface area contributed by atoms with Gasteiger partial charge in [-0.1, -0.05) is 30.3 Å². The van der Waals surface area contributed by atoms with Crippen LogP contribution in [0.2, 0.25) is 0 Å². The van der Waals surface area contributed by atoms with Gasteiger partial charge in [-0.25, -0.2) is 0 Å². The first-order valence-corrected chi connectivity index (χ1v) is 4.32. The molecule has 2 aromatic carbocycles. The summed E-state index contributed by atoms with van der Waals surface area (Å²) in [5.74, 6) is 0. The Morgan fingerprint density at radius 2 is 1.62 bits per heavy atom. The summed E-state index contributed by atoms with van der Waals surface area (Å²) >= 11 is 0.